The summed E-state index contributed by atoms with van der Waals surface area (Å²) in [5.74, 6) is 0.822. The van der Waals surface area contributed by atoms with E-state index in [4.69, 9.17) is 4.74 Å². The SMILES string of the molecule is CC1(O)CCN(C(=O)CCOc2ccccc2)C1. The average Bonchev–Trinajstić information content (AvgIpc) is 2.71. The third-order valence-electron chi connectivity index (χ3n) is 3.13. The quantitative estimate of drug-likeness (QED) is 0.878. The molecule has 1 atom stereocenters. The van der Waals surface area contributed by atoms with Crippen LogP contribution < -0.4 is 4.74 Å². The van der Waals surface area contributed by atoms with Crippen LogP contribution in [0.1, 0.15) is 19.8 Å². The second-order valence-corrected chi connectivity index (χ2v) is 4.97. The molecule has 1 aliphatic heterocycles. The van der Waals surface area contributed by atoms with Crippen LogP contribution in [-0.4, -0.2) is 41.2 Å². The van der Waals surface area contributed by atoms with Crippen LogP contribution in [0.5, 0.6) is 5.75 Å². The van der Waals surface area contributed by atoms with Crippen LogP contribution in [0.4, 0.5) is 0 Å². The fraction of sp³-hybridized carbons (Fsp3) is 0.500. The van der Waals surface area contributed by atoms with Crippen molar-refractivity contribution < 1.29 is 14.6 Å². The predicted octanol–water partition coefficient (Wildman–Crippen LogP) is 1.44. The number of carbonyl (C=O) groups excluding carboxylic acids is 1. The highest BCUT2D eigenvalue weighted by atomic mass is 16.5. The number of hydrogen-bond donors (Lipinski definition) is 1. The molecule has 2 rings (SSSR count). The minimum Gasteiger partial charge on any atom is -0.493 e. The van der Waals surface area contributed by atoms with Crippen molar-refractivity contribution in [1.29, 1.82) is 0 Å². The molecule has 1 aromatic rings. The van der Waals surface area contributed by atoms with Gasteiger partial charge < -0.3 is 14.7 Å². The van der Waals surface area contributed by atoms with E-state index in [-0.39, 0.29) is 5.91 Å². The molecular formula is C14H19NO3. The first-order chi connectivity index (χ1) is 8.57. The molecule has 0 saturated carbocycles. The summed E-state index contributed by atoms with van der Waals surface area (Å²) in [5, 5.41) is 9.79. The number of aliphatic hydroxyl groups is 1. The minimum absolute atomic E-state index is 0.0451. The standard InChI is InChI=1S/C14H19NO3/c1-14(17)8-9-15(11-14)13(16)7-10-18-12-5-3-2-4-6-12/h2-6,17H,7-11H2,1H3. The Labute approximate surface area is 107 Å². The van der Waals surface area contributed by atoms with Gasteiger partial charge in [-0.1, -0.05) is 18.2 Å². The molecule has 0 aromatic heterocycles. The molecule has 0 spiro atoms. The highest BCUT2D eigenvalue weighted by Gasteiger charge is 2.33. The van der Waals surface area contributed by atoms with E-state index < -0.39 is 5.60 Å². The van der Waals surface area contributed by atoms with Crippen molar-refractivity contribution in [1.82, 2.24) is 4.90 Å². The summed E-state index contributed by atoms with van der Waals surface area (Å²) < 4.78 is 5.48. The second-order valence-electron chi connectivity index (χ2n) is 4.97. The van der Waals surface area contributed by atoms with Gasteiger partial charge in [0, 0.05) is 13.1 Å². The summed E-state index contributed by atoms with van der Waals surface area (Å²) in [7, 11) is 0. The van der Waals surface area contributed by atoms with E-state index in [0.29, 0.717) is 32.5 Å². The van der Waals surface area contributed by atoms with Gasteiger partial charge in [0.25, 0.3) is 0 Å². The van der Waals surface area contributed by atoms with Crippen LogP contribution in [0, 0.1) is 0 Å². The molecule has 0 radical (unpaired) electrons. The molecule has 1 amide bonds. The zero-order chi connectivity index (χ0) is 13.0. The van der Waals surface area contributed by atoms with E-state index in [1.165, 1.54) is 0 Å². The van der Waals surface area contributed by atoms with E-state index in [1.807, 2.05) is 30.3 Å². The van der Waals surface area contributed by atoms with E-state index in [9.17, 15) is 9.90 Å². The highest BCUT2D eigenvalue weighted by molar-refractivity contribution is 5.76. The molecule has 1 saturated heterocycles. The summed E-state index contributed by atoms with van der Waals surface area (Å²) in [6, 6.07) is 9.45. The van der Waals surface area contributed by atoms with Gasteiger partial charge >= 0.3 is 0 Å². The summed E-state index contributed by atoms with van der Waals surface area (Å²) in [4.78, 5) is 13.6. The van der Waals surface area contributed by atoms with Gasteiger partial charge in [-0.2, -0.15) is 0 Å². The zero-order valence-electron chi connectivity index (χ0n) is 10.6. The first-order valence-corrected chi connectivity index (χ1v) is 6.25. The van der Waals surface area contributed by atoms with Crippen molar-refractivity contribution in [3.05, 3.63) is 30.3 Å². The van der Waals surface area contributed by atoms with Gasteiger partial charge in [-0.15, -0.1) is 0 Å². The molecule has 0 aliphatic carbocycles. The fourth-order valence-corrected chi connectivity index (χ4v) is 2.09. The number of ether oxygens (including phenoxy) is 1. The van der Waals surface area contributed by atoms with Gasteiger partial charge in [-0.3, -0.25) is 4.79 Å². The van der Waals surface area contributed by atoms with Crippen molar-refractivity contribution in [2.75, 3.05) is 19.7 Å². The highest BCUT2D eigenvalue weighted by Crippen LogP contribution is 2.20. The maximum Gasteiger partial charge on any atom is 0.226 e. The molecular weight excluding hydrogens is 230 g/mol. The van der Waals surface area contributed by atoms with E-state index >= 15 is 0 Å². The average molecular weight is 249 g/mol. The number of rotatable bonds is 4. The van der Waals surface area contributed by atoms with Crippen LogP contribution in [0.15, 0.2) is 30.3 Å². The van der Waals surface area contributed by atoms with Crippen LogP contribution in [-0.2, 0) is 4.79 Å². The Balaban J connectivity index is 1.73. The smallest absolute Gasteiger partial charge is 0.226 e. The van der Waals surface area contributed by atoms with Crippen LogP contribution in [0.2, 0.25) is 0 Å². The molecule has 0 bridgehead atoms. The molecule has 1 heterocycles. The lowest BCUT2D eigenvalue weighted by atomic mass is 10.1. The Kier molecular flexibility index (Phi) is 3.87. The van der Waals surface area contributed by atoms with Gasteiger partial charge in [-0.25, -0.2) is 0 Å². The summed E-state index contributed by atoms with van der Waals surface area (Å²) in [5.41, 5.74) is -0.726. The zero-order valence-corrected chi connectivity index (χ0v) is 10.6. The normalized spacial score (nSPS) is 23.1. The molecule has 4 heteroatoms. The Morgan fingerprint density at radius 2 is 2.17 bits per heavy atom. The Hall–Kier alpha value is -1.55. The lowest BCUT2D eigenvalue weighted by Crippen LogP contribution is -2.34. The van der Waals surface area contributed by atoms with Gasteiger partial charge in [0.15, 0.2) is 0 Å². The van der Waals surface area contributed by atoms with Gasteiger partial charge in [-0.05, 0) is 25.5 Å². The Morgan fingerprint density at radius 1 is 1.44 bits per heavy atom. The number of benzene rings is 1. The largest absolute Gasteiger partial charge is 0.493 e. The Bertz CT molecular complexity index is 403. The van der Waals surface area contributed by atoms with Crippen LogP contribution in [0.3, 0.4) is 0 Å². The molecule has 1 aromatic carbocycles. The summed E-state index contributed by atoms with van der Waals surface area (Å²) in [6.07, 6.45) is 1.00. The van der Waals surface area contributed by atoms with Gasteiger partial charge in [0.1, 0.15) is 5.75 Å². The van der Waals surface area contributed by atoms with Crippen molar-refractivity contribution in [2.45, 2.75) is 25.4 Å². The van der Waals surface area contributed by atoms with E-state index in [2.05, 4.69) is 0 Å². The maximum absolute atomic E-state index is 11.9. The van der Waals surface area contributed by atoms with Gasteiger partial charge in [0.05, 0.1) is 18.6 Å². The fourth-order valence-electron chi connectivity index (χ4n) is 2.09. The van der Waals surface area contributed by atoms with Crippen molar-refractivity contribution in [2.24, 2.45) is 0 Å². The molecule has 98 valence electrons. The molecule has 1 aliphatic rings. The number of para-hydroxylation sites is 1. The molecule has 1 unspecified atom stereocenters. The number of carbonyl (C=O) groups is 1. The number of β-amino-alcohol motifs (C(OH)–C–C–N with tert-alkyl or cyclic N) is 1. The van der Waals surface area contributed by atoms with Crippen molar-refractivity contribution in [3.8, 4) is 5.75 Å². The first-order valence-electron chi connectivity index (χ1n) is 6.25. The number of nitrogens with zero attached hydrogens (tertiary/aromatic N) is 1. The van der Waals surface area contributed by atoms with Crippen molar-refractivity contribution >= 4 is 5.91 Å². The monoisotopic (exact) mass is 249 g/mol. The van der Waals surface area contributed by atoms with Crippen molar-refractivity contribution in [3.63, 3.8) is 0 Å². The van der Waals surface area contributed by atoms with E-state index in [1.54, 1.807) is 11.8 Å². The summed E-state index contributed by atoms with van der Waals surface area (Å²) in [6.45, 7) is 3.20. The first kappa shape index (κ1) is 12.9. The topological polar surface area (TPSA) is 49.8 Å². The minimum atomic E-state index is -0.726. The lowest BCUT2D eigenvalue weighted by Gasteiger charge is -2.19. The second kappa shape index (κ2) is 5.40. The number of amides is 1. The molecule has 1 fully saturated rings. The van der Waals surface area contributed by atoms with Gasteiger partial charge in [0.2, 0.25) is 5.91 Å². The number of likely N-dealkylation sites (tertiary alicyclic amines) is 1. The third kappa shape index (κ3) is 3.47. The van der Waals surface area contributed by atoms with E-state index in [0.717, 1.165) is 5.75 Å². The van der Waals surface area contributed by atoms with Crippen LogP contribution in [0.25, 0.3) is 0 Å². The third-order valence-corrected chi connectivity index (χ3v) is 3.13. The summed E-state index contributed by atoms with van der Waals surface area (Å²) >= 11 is 0. The molecule has 18 heavy (non-hydrogen) atoms. The lowest BCUT2D eigenvalue weighted by molar-refractivity contribution is -0.131. The number of hydrogen-bond acceptors (Lipinski definition) is 3. The Morgan fingerprint density at radius 3 is 2.78 bits per heavy atom. The molecule has 1 N–H and O–H groups in total. The maximum atomic E-state index is 11.9. The predicted molar refractivity (Wildman–Crippen MR) is 68.4 cm³/mol. The molecule has 4 nitrogen and oxygen atoms in total. The van der Waals surface area contributed by atoms with Crippen LogP contribution >= 0.6 is 0 Å².